The van der Waals surface area contributed by atoms with Gasteiger partial charge in [0.05, 0.1) is 35.9 Å². The largest absolute Gasteiger partial charge is 0.324 e. The molecule has 0 saturated heterocycles. The lowest BCUT2D eigenvalue weighted by Gasteiger charge is -2.06. The van der Waals surface area contributed by atoms with Crippen molar-refractivity contribution >= 4 is 11.6 Å². The second kappa shape index (κ2) is 7.48. The third-order valence-electron chi connectivity index (χ3n) is 4.28. The zero-order chi connectivity index (χ0) is 19.5. The molecule has 0 unspecified atom stereocenters. The molecule has 0 atom stereocenters. The average Bonchev–Trinajstić information content (AvgIpc) is 3.29. The molecule has 1 aromatic carbocycles. The highest BCUT2D eigenvalue weighted by Gasteiger charge is 2.09. The lowest BCUT2D eigenvalue weighted by atomic mass is 10.2. The molecule has 4 rings (SSSR count). The molecule has 140 valence electrons. The van der Waals surface area contributed by atoms with E-state index in [0.29, 0.717) is 11.5 Å². The maximum Gasteiger partial charge on any atom is 0.228 e. The monoisotopic (exact) mass is 372 g/mol. The van der Waals surface area contributed by atoms with Gasteiger partial charge in [0.15, 0.2) is 5.82 Å². The number of para-hydroxylation sites is 1. The molecule has 7 nitrogen and oxygen atoms in total. The van der Waals surface area contributed by atoms with E-state index in [1.165, 1.54) is 0 Å². The Hall–Kier alpha value is -3.74. The van der Waals surface area contributed by atoms with Crippen LogP contribution in [0.2, 0.25) is 0 Å². The summed E-state index contributed by atoms with van der Waals surface area (Å²) in [5.74, 6) is 0.598. The summed E-state index contributed by atoms with van der Waals surface area (Å²) in [5, 5.41) is 11.6. The number of pyridine rings is 1. The molecule has 3 heterocycles. The average molecular weight is 372 g/mol. The molecular formula is C21H20N6O. The SMILES string of the molecule is Cc1cc(C)n(-c2ccc(NC(=O)Cc3cnn(-c4ccccc4)c3)cn2)n1. The summed E-state index contributed by atoms with van der Waals surface area (Å²) in [6.45, 7) is 3.92. The third kappa shape index (κ3) is 3.83. The number of nitrogens with zero attached hydrogens (tertiary/aromatic N) is 5. The highest BCUT2D eigenvalue weighted by Crippen LogP contribution is 2.13. The van der Waals surface area contributed by atoms with Crippen LogP contribution in [0.25, 0.3) is 11.5 Å². The van der Waals surface area contributed by atoms with Crippen LogP contribution in [-0.2, 0) is 11.2 Å². The van der Waals surface area contributed by atoms with Gasteiger partial charge in [0.1, 0.15) is 0 Å². The van der Waals surface area contributed by atoms with Crippen LogP contribution < -0.4 is 5.32 Å². The third-order valence-corrected chi connectivity index (χ3v) is 4.28. The van der Waals surface area contributed by atoms with Crippen LogP contribution >= 0.6 is 0 Å². The van der Waals surface area contributed by atoms with Crippen molar-refractivity contribution in [2.24, 2.45) is 0 Å². The molecular weight excluding hydrogens is 352 g/mol. The van der Waals surface area contributed by atoms with Gasteiger partial charge in [0.2, 0.25) is 5.91 Å². The Bertz CT molecular complexity index is 1100. The van der Waals surface area contributed by atoms with E-state index in [1.54, 1.807) is 21.8 Å². The minimum absolute atomic E-state index is 0.117. The maximum atomic E-state index is 12.3. The predicted octanol–water partition coefficient (Wildman–Crippen LogP) is 3.25. The molecule has 0 spiro atoms. The first-order valence-corrected chi connectivity index (χ1v) is 8.97. The van der Waals surface area contributed by atoms with Gasteiger partial charge in [-0.05, 0) is 49.7 Å². The predicted molar refractivity (Wildman–Crippen MR) is 107 cm³/mol. The van der Waals surface area contributed by atoms with E-state index < -0.39 is 0 Å². The van der Waals surface area contributed by atoms with Gasteiger partial charge in [-0.2, -0.15) is 10.2 Å². The summed E-state index contributed by atoms with van der Waals surface area (Å²) >= 11 is 0. The van der Waals surface area contributed by atoms with Crippen LogP contribution in [-0.4, -0.2) is 30.5 Å². The number of hydrogen-bond donors (Lipinski definition) is 1. The molecule has 0 aliphatic heterocycles. The molecule has 7 heteroatoms. The number of aryl methyl sites for hydroxylation is 2. The van der Waals surface area contributed by atoms with Gasteiger partial charge >= 0.3 is 0 Å². The molecule has 0 fully saturated rings. The first-order valence-electron chi connectivity index (χ1n) is 8.97. The molecule has 4 aromatic rings. The van der Waals surface area contributed by atoms with Crippen LogP contribution in [0.1, 0.15) is 17.0 Å². The molecule has 3 aromatic heterocycles. The van der Waals surface area contributed by atoms with Gasteiger partial charge in [-0.25, -0.2) is 14.3 Å². The molecule has 1 N–H and O–H groups in total. The van der Waals surface area contributed by atoms with Crippen molar-refractivity contribution in [3.63, 3.8) is 0 Å². The second-order valence-corrected chi connectivity index (χ2v) is 6.60. The van der Waals surface area contributed by atoms with Crippen molar-refractivity contribution < 1.29 is 4.79 Å². The number of nitrogens with one attached hydrogen (secondary N) is 1. The Balaban J connectivity index is 1.40. The van der Waals surface area contributed by atoms with Crippen molar-refractivity contribution in [3.05, 3.63) is 84.1 Å². The number of hydrogen-bond acceptors (Lipinski definition) is 4. The fraction of sp³-hybridized carbons (Fsp3) is 0.143. The first-order chi connectivity index (χ1) is 13.6. The van der Waals surface area contributed by atoms with E-state index in [1.807, 2.05) is 68.6 Å². The van der Waals surface area contributed by atoms with Crippen molar-refractivity contribution in [2.75, 3.05) is 5.32 Å². The molecule has 0 aliphatic rings. The summed E-state index contributed by atoms with van der Waals surface area (Å²) in [6, 6.07) is 15.4. The first kappa shape index (κ1) is 17.7. The molecule has 1 amide bonds. The fourth-order valence-corrected chi connectivity index (χ4v) is 3.01. The molecule has 0 bridgehead atoms. The summed E-state index contributed by atoms with van der Waals surface area (Å²) < 4.78 is 3.53. The van der Waals surface area contributed by atoms with Gasteiger partial charge in [0, 0.05) is 11.9 Å². The summed E-state index contributed by atoms with van der Waals surface area (Å²) in [4.78, 5) is 16.7. The number of rotatable bonds is 5. The Morgan fingerprint density at radius 3 is 2.57 bits per heavy atom. The zero-order valence-corrected chi connectivity index (χ0v) is 15.7. The van der Waals surface area contributed by atoms with Gasteiger partial charge in [-0.1, -0.05) is 18.2 Å². The lowest BCUT2D eigenvalue weighted by Crippen LogP contribution is -2.14. The molecule has 28 heavy (non-hydrogen) atoms. The minimum atomic E-state index is -0.117. The van der Waals surface area contributed by atoms with Crippen LogP contribution in [0.4, 0.5) is 5.69 Å². The number of anilines is 1. The van der Waals surface area contributed by atoms with Crippen LogP contribution in [0, 0.1) is 13.8 Å². The standard InChI is InChI=1S/C21H20N6O/c1-15-10-16(2)27(25-15)20-9-8-18(13-22-20)24-21(28)11-17-12-23-26(14-17)19-6-4-3-5-7-19/h3-10,12-14H,11H2,1-2H3,(H,24,28). The Kier molecular flexibility index (Phi) is 4.72. The molecule has 0 radical (unpaired) electrons. The number of carbonyl (C=O) groups excluding carboxylic acids is 1. The fourth-order valence-electron chi connectivity index (χ4n) is 3.01. The molecule has 0 aliphatic carbocycles. The highest BCUT2D eigenvalue weighted by molar-refractivity contribution is 5.92. The van der Waals surface area contributed by atoms with E-state index in [2.05, 4.69) is 20.5 Å². The topological polar surface area (TPSA) is 77.6 Å². The second-order valence-electron chi connectivity index (χ2n) is 6.60. The van der Waals surface area contributed by atoms with Gasteiger partial charge in [0.25, 0.3) is 0 Å². The van der Waals surface area contributed by atoms with Crippen molar-refractivity contribution in [3.8, 4) is 11.5 Å². The smallest absolute Gasteiger partial charge is 0.228 e. The van der Waals surface area contributed by atoms with Crippen molar-refractivity contribution in [1.82, 2.24) is 24.5 Å². The quantitative estimate of drug-likeness (QED) is 0.583. The van der Waals surface area contributed by atoms with Gasteiger partial charge in [-0.3, -0.25) is 4.79 Å². The van der Waals surface area contributed by atoms with Crippen molar-refractivity contribution in [1.29, 1.82) is 0 Å². The summed E-state index contributed by atoms with van der Waals surface area (Å²) in [5.41, 5.74) is 4.39. The Labute approximate surface area is 162 Å². The maximum absolute atomic E-state index is 12.3. The number of amides is 1. The van der Waals surface area contributed by atoms with Gasteiger partial charge in [-0.15, -0.1) is 0 Å². The summed E-state index contributed by atoms with van der Waals surface area (Å²) in [7, 11) is 0. The Morgan fingerprint density at radius 1 is 1.07 bits per heavy atom. The van der Waals surface area contributed by atoms with Crippen LogP contribution in [0.5, 0.6) is 0 Å². The highest BCUT2D eigenvalue weighted by atomic mass is 16.1. The van der Waals surface area contributed by atoms with Crippen molar-refractivity contribution in [2.45, 2.75) is 20.3 Å². The summed E-state index contributed by atoms with van der Waals surface area (Å²) in [6.07, 6.45) is 5.44. The van der Waals surface area contributed by atoms with Crippen LogP contribution in [0.3, 0.4) is 0 Å². The number of carbonyl (C=O) groups is 1. The van der Waals surface area contributed by atoms with E-state index in [0.717, 1.165) is 22.6 Å². The lowest BCUT2D eigenvalue weighted by molar-refractivity contribution is -0.115. The van der Waals surface area contributed by atoms with E-state index in [9.17, 15) is 4.79 Å². The van der Waals surface area contributed by atoms with Crippen LogP contribution in [0.15, 0.2) is 67.1 Å². The van der Waals surface area contributed by atoms with E-state index in [4.69, 9.17) is 0 Å². The number of aromatic nitrogens is 5. The van der Waals surface area contributed by atoms with Gasteiger partial charge < -0.3 is 5.32 Å². The molecule has 0 saturated carbocycles. The zero-order valence-electron chi connectivity index (χ0n) is 15.7. The normalized spacial score (nSPS) is 10.8. The number of benzene rings is 1. The van der Waals surface area contributed by atoms with E-state index >= 15 is 0 Å². The van der Waals surface area contributed by atoms with E-state index in [-0.39, 0.29) is 12.3 Å². The minimum Gasteiger partial charge on any atom is -0.324 e. The Morgan fingerprint density at radius 2 is 1.89 bits per heavy atom.